The molecule has 0 radical (unpaired) electrons. The van der Waals surface area contributed by atoms with Crippen molar-refractivity contribution in [2.75, 3.05) is 4.90 Å². The highest BCUT2D eigenvalue weighted by Crippen LogP contribution is 2.26. The summed E-state index contributed by atoms with van der Waals surface area (Å²) in [6, 6.07) is 19.5. The average molecular weight is 303 g/mol. The summed E-state index contributed by atoms with van der Waals surface area (Å²) in [5.74, 6) is 1.20. The van der Waals surface area contributed by atoms with Crippen LogP contribution in [0.1, 0.15) is 25.3 Å². The zero-order valence-electron chi connectivity index (χ0n) is 13.4. The third kappa shape index (κ3) is 2.74. The Hall–Kier alpha value is -2.55. The minimum Gasteiger partial charge on any atom is -0.361 e. The molecule has 2 aromatic carbocycles. The lowest BCUT2D eigenvalue weighted by Crippen LogP contribution is -2.28. The van der Waals surface area contributed by atoms with Crippen molar-refractivity contribution in [1.82, 2.24) is 4.98 Å². The molecule has 1 atom stereocenters. The number of benzene rings is 2. The number of para-hydroxylation sites is 2. The van der Waals surface area contributed by atoms with Gasteiger partial charge in [-0.2, -0.15) is 0 Å². The predicted octanol–water partition coefficient (Wildman–Crippen LogP) is 4.76. The normalized spacial score (nSPS) is 17.4. The van der Waals surface area contributed by atoms with E-state index in [2.05, 4.69) is 77.6 Å². The van der Waals surface area contributed by atoms with E-state index in [0.717, 1.165) is 19.4 Å². The monoisotopic (exact) mass is 303 g/mol. The van der Waals surface area contributed by atoms with Crippen LogP contribution in [0.2, 0.25) is 0 Å². The van der Waals surface area contributed by atoms with Crippen LogP contribution in [0.15, 0.2) is 65.8 Å². The quantitative estimate of drug-likeness (QED) is 0.743. The first-order chi connectivity index (χ1) is 11.3. The van der Waals surface area contributed by atoms with Crippen LogP contribution in [0.25, 0.3) is 10.9 Å². The Morgan fingerprint density at radius 1 is 1.09 bits per heavy atom. The Kier molecular flexibility index (Phi) is 3.62. The molecule has 0 fully saturated rings. The van der Waals surface area contributed by atoms with E-state index in [1.165, 1.54) is 28.0 Å². The molecule has 2 heterocycles. The summed E-state index contributed by atoms with van der Waals surface area (Å²) in [6.07, 6.45) is 4.32. The number of aromatic amines is 1. The Morgan fingerprint density at radius 3 is 2.65 bits per heavy atom. The molecule has 4 rings (SSSR count). The van der Waals surface area contributed by atoms with Crippen LogP contribution in [0.5, 0.6) is 0 Å². The highest BCUT2D eigenvalue weighted by atomic mass is 15.2. The maximum absolute atomic E-state index is 4.86. The second kappa shape index (κ2) is 5.92. The molecular weight excluding hydrogens is 282 g/mol. The van der Waals surface area contributed by atoms with Crippen LogP contribution < -0.4 is 4.90 Å². The number of nitrogens with zero attached hydrogens (tertiary/aromatic N) is 2. The molecule has 1 N–H and O–H groups in total. The highest BCUT2D eigenvalue weighted by molar-refractivity contribution is 5.99. The number of anilines is 1. The van der Waals surface area contributed by atoms with Crippen molar-refractivity contribution in [2.45, 2.75) is 32.4 Å². The van der Waals surface area contributed by atoms with E-state index in [-0.39, 0.29) is 0 Å². The number of fused-ring (bicyclic) bond motifs is 1. The van der Waals surface area contributed by atoms with E-state index in [4.69, 9.17) is 4.99 Å². The number of hydrogen-bond acceptors (Lipinski definition) is 2. The molecule has 116 valence electrons. The van der Waals surface area contributed by atoms with Crippen LogP contribution in [-0.2, 0) is 6.54 Å². The van der Waals surface area contributed by atoms with Gasteiger partial charge in [0.1, 0.15) is 5.84 Å². The van der Waals surface area contributed by atoms with Gasteiger partial charge in [-0.25, -0.2) is 0 Å². The SMILES string of the molecule is CC1CCC(N(Cc2c[nH]c3ccccc23)c2ccccc2)=N1. The second-order valence-corrected chi connectivity index (χ2v) is 6.21. The minimum absolute atomic E-state index is 0.430. The van der Waals surface area contributed by atoms with Gasteiger partial charge in [0.25, 0.3) is 0 Å². The highest BCUT2D eigenvalue weighted by Gasteiger charge is 2.21. The molecular formula is C20H21N3. The van der Waals surface area contributed by atoms with Crippen molar-refractivity contribution < 1.29 is 0 Å². The summed E-state index contributed by atoms with van der Waals surface area (Å²) in [5, 5.41) is 1.29. The Bertz CT molecular complexity index is 832. The maximum atomic E-state index is 4.86. The van der Waals surface area contributed by atoms with E-state index < -0.39 is 0 Å². The summed E-state index contributed by atoms with van der Waals surface area (Å²) < 4.78 is 0. The molecule has 1 aromatic heterocycles. The van der Waals surface area contributed by atoms with Crippen LogP contribution in [-0.4, -0.2) is 16.9 Å². The summed E-state index contributed by atoms with van der Waals surface area (Å²) >= 11 is 0. The number of nitrogens with one attached hydrogen (secondary N) is 1. The topological polar surface area (TPSA) is 31.4 Å². The molecule has 1 aliphatic heterocycles. The lowest BCUT2D eigenvalue weighted by atomic mass is 10.1. The number of hydrogen-bond donors (Lipinski definition) is 1. The summed E-state index contributed by atoms with van der Waals surface area (Å²) in [6.45, 7) is 3.04. The zero-order chi connectivity index (χ0) is 15.6. The first-order valence-electron chi connectivity index (χ1n) is 8.25. The fourth-order valence-corrected chi connectivity index (χ4v) is 3.30. The zero-order valence-corrected chi connectivity index (χ0v) is 13.4. The van der Waals surface area contributed by atoms with Crippen molar-refractivity contribution in [3.8, 4) is 0 Å². The van der Waals surface area contributed by atoms with Crippen LogP contribution in [0.3, 0.4) is 0 Å². The van der Waals surface area contributed by atoms with Crippen molar-refractivity contribution in [1.29, 1.82) is 0 Å². The smallest absolute Gasteiger partial charge is 0.104 e. The summed E-state index contributed by atoms with van der Waals surface area (Å²) in [7, 11) is 0. The standard InChI is InChI=1S/C20H21N3/c1-15-11-12-20(22-15)23(17-7-3-2-4-8-17)14-16-13-21-19-10-6-5-9-18(16)19/h2-10,13,15,21H,11-12,14H2,1H3. The maximum Gasteiger partial charge on any atom is 0.104 e. The van der Waals surface area contributed by atoms with Crippen LogP contribution >= 0.6 is 0 Å². The van der Waals surface area contributed by atoms with Gasteiger partial charge in [0.15, 0.2) is 0 Å². The Morgan fingerprint density at radius 2 is 1.87 bits per heavy atom. The van der Waals surface area contributed by atoms with Gasteiger partial charge < -0.3 is 9.88 Å². The van der Waals surface area contributed by atoms with Gasteiger partial charge in [0, 0.05) is 35.2 Å². The largest absolute Gasteiger partial charge is 0.361 e. The Balaban J connectivity index is 1.72. The summed E-state index contributed by atoms with van der Waals surface area (Å²) in [5.41, 5.74) is 3.72. The average Bonchev–Trinajstić information content (AvgIpc) is 3.20. The third-order valence-corrected chi connectivity index (χ3v) is 4.54. The van der Waals surface area contributed by atoms with E-state index in [9.17, 15) is 0 Å². The number of H-pyrrole nitrogens is 1. The molecule has 0 amide bonds. The molecule has 1 aliphatic rings. The number of aromatic nitrogens is 1. The van der Waals surface area contributed by atoms with E-state index >= 15 is 0 Å². The van der Waals surface area contributed by atoms with Crippen LogP contribution in [0, 0.1) is 0 Å². The minimum atomic E-state index is 0.430. The second-order valence-electron chi connectivity index (χ2n) is 6.21. The fraction of sp³-hybridized carbons (Fsp3) is 0.250. The van der Waals surface area contributed by atoms with Crippen molar-refractivity contribution in [2.24, 2.45) is 4.99 Å². The van der Waals surface area contributed by atoms with E-state index in [1.807, 2.05) is 0 Å². The van der Waals surface area contributed by atoms with Gasteiger partial charge in [-0.05, 0) is 37.1 Å². The molecule has 1 unspecified atom stereocenters. The van der Waals surface area contributed by atoms with Gasteiger partial charge in [-0.3, -0.25) is 4.99 Å². The van der Waals surface area contributed by atoms with E-state index in [1.54, 1.807) is 0 Å². The van der Waals surface area contributed by atoms with E-state index in [0.29, 0.717) is 6.04 Å². The number of aliphatic imine (C=N–C) groups is 1. The predicted molar refractivity (Wildman–Crippen MR) is 97.1 cm³/mol. The molecule has 3 aromatic rings. The molecule has 0 saturated carbocycles. The first-order valence-corrected chi connectivity index (χ1v) is 8.25. The molecule has 3 nitrogen and oxygen atoms in total. The van der Waals surface area contributed by atoms with Gasteiger partial charge in [0.05, 0.1) is 6.54 Å². The lowest BCUT2D eigenvalue weighted by Gasteiger charge is -2.24. The van der Waals surface area contributed by atoms with Gasteiger partial charge in [-0.1, -0.05) is 36.4 Å². The molecule has 3 heteroatoms. The number of rotatable bonds is 3. The van der Waals surface area contributed by atoms with Gasteiger partial charge in [-0.15, -0.1) is 0 Å². The number of amidine groups is 1. The molecule has 0 aliphatic carbocycles. The molecule has 0 bridgehead atoms. The van der Waals surface area contributed by atoms with Gasteiger partial charge >= 0.3 is 0 Å². The third-order valence-electron chi connectivity index (χ3n) is 4.54. The summed E-state index contributed by atoms with van der Waals surface area (Å²) in [4.78, 5) is 10.6. The lowest BCUT2D eigenvalue weighted by molar-refractivity contribution is 0.739. The first kappa shape index (κ1) is 14.1. The fourth-order valence-electron chi connectivity index (χ4n) is 3.30. The van der Waals surface area contributed by atoms with Crippen LogP contribution in [0.4, 0.5) is 5.69 Å². The molecule has 0 saturated heterocycles. The van der Waals surface area contributed by atoms with Crippen molar-refractivity contribution >= 4 is 22.4 Å². The van der Waals surface area contributed by atoms with Gasteiger partial charge in [0.2, 0.25) is 0 Å². The van der Waals surface area contributed by atoms with Crippen molar-refractivity contribution in [3.63, 3.8) is 0 Å². The molecule has 0 spiro atoms. The molecule has 23 heavy (non-hydrogen) atoms. The Labute approximate surface area is 136 Å². The van der Waals surface area contributed by atoms with Crippen molar-refractivity contribution in [3.05, 3.63) is 66.4 Å².